The fourth-order valence-corrected chi connectivity index (χ4v) is 5.46. The number of nitrogen functional groups attached to an aromatic ring is 1. The second-order valence-corrected chi connectivity index (χ2v) is 9.31. The summed E-state index contributed by atoms with van der Waals surface area (Å²) < 4.78 is 11.3. The molecule has 34 heavy (non-hydrogen) atoms. The number of nitrogens with zero attached hydrogens (tertiary/aromatic N) is 2. The number of hydrogen-bond acceptors (Lipinski definition) is 7. The monoisotopic (exact) mass is 474 g/mol. The number of aromatic nitrogens is 1. The van der Waals surface area contributed by atoms with E-state index in [2.05, 4.69) is 17.3 Å². The molecule has 1 aliphatic heterocycles. The molecule has 0 radical (unpaired) electrons. The van der Waals surface area contributed by atoms with E-state index in [0.717, 1.165) is 57.9 Å². The highest BCUT2D eigenvalue weighted by Crippen LogP contribution is 2.46. The summed E-state index contributed by atoms with van der Waals surface area (Å²) in [6, 6.07) is 15.1. The van der Waals surface area contributed by atoms with Gasteiger partial charge < -0.3 is 25.4 Å². The van der Waals surface area contributed by atoms with Gasteiger partial charge in [0.1, 0.15) is 21.2 Å². The second-order valence-electron chi connectivity index (χ2n) is 8.31. The highest BCUT2D eigenvalue weighted by Gasteiger charge is 2.28. The number of pyridine rings is 1. The van der Waals surface area contributed by atoms with Crippen molar-refractivity contribution in [3.05, 3.63) is 64.7 Å². The first-order valence-corrected chi connectivity index (χ1v) is 11.8. The van der Waals surface area contributed by atoms with Gasteiger partial charge >= 0.3 is 0 Å². The Morgan fingerprint density at radius 2 is 1.94 bits per heavy atom. The molecule has 0 fully saturated rings. The first-order chi connectivity index (χ1) is 16.5. The van der Waals surface area contributed by atoms with Gasteiger partial charge in [0.15, 0.2) is 0 Å². The number of para-hydroxylation sites is 1. The molecule has 2 aromatic heterocycles. The van der Waals surface area contributed by atoms with Crippen LogP contribution in [0.4, 0.5) is 11.4 Å². The molecule has 0 bridgehead atoms. The van der Waals surface area contributed by atoms with E-state index in [9.17, 15) is 4.79 Å². The van der Waals surface area contributed by atoms with E-state index < -0.39 is 0 Å². The van der Waals surface area contributed by atoms with Crippen molar-refractivity contribution in [3.63, 3.8) is 0 Å². The third kappa shape index (κ3) is 3.85. The zero-order valence-corrected chi connectivity index (χ0v) is 20.2. The number of thiophene rings is 1. The number of methoxy groups -OCH3 is 2. The summed E-state index contributed by atoms with van der Waals surface area (Å²) >= 11 is 1.32. The van der Waals surface area contributed by atoms with Crippen LogP contribution in [0.3, 0.4) is 0 Å². The summed E-state index contributed by atoms with van der Waals surface area (Å²) in [6.07, 6.45) is 0.824. The van der Waals surface area contributed by atoms with Crippen molar-refractivity contribution in [3.8, 4) is 22.6 Å². The molecular formula is C26H26N4O3S. The minimum Gasteiger partial charge on any atom is -0.497 e. The van der Waals surface area contributed by atoms with Gasteiger partial charge in [0, 0.05) is 47.4 Å². The molecule has 4 aromatic rings. The normalized spacial score (nSPS) is 13.5. The Balaban J connectivity index is 1.75. The van der Waals surface area contributed by atoms with E-state index in [1.807, 2.05) is 48.5 Å². The van der Waals surface area contributed by atoms with Crippen molar-refractivity contribution in [1.29, 1.82) is 0 Å². The van der Waals surface area contributed by atoms with Crippen molar-refractivity contribution in [2.45, 2.75) is 13.0 Å². The summed E-state index contributed by atoms with van der Waals surface area (Å²) in [5.41, 5.74) is 11.8. The molecule has 0 saturated carbocycles. The van der Waals surface area contributed by atoms with Gasteiger partial charge in [-0.05, 0) is 42.9 Å². The first kappa shape index (κ1) is 22.2. The van der Waals surface area contributed by atoms with Crippen LogP contribution in [0.25, 0.3) is 21.3 Å². The molecule has 1 amide bonds. The van der Waals surface area contributed by atoms with Gasteiger partial charge in [0.2, 0.25) is 0 Å². The Morgan fingerprint density at radius 1 is 1.15 bits per heavy atom. The van der Waals surface area contributed by atoms with E-state index in [-0.39, 0.29) is 5.91 Å². The maximum absolute atomic E-state index is 13.2. The Kier molecular flexibility index (Phi) is 5.85. The topological polar surface area (TPSA) is 89.7 Å². The second kappa shape index (κ2) is 8.96. The molecule has 0 aliphatic carbocycles. The summed E-state index contributed by atoms with van der Waals surface area (Å²) in [6.45, 7) is 1.65. The lowest BCUT2D eigenvalue weighted by atomic mass is 9.91. The highest BCUT2D eigenvalue weighted by atomic mass is 32.1. The molecule has 2 aromatic carbocycles. The van der Waals surface area contributed by atoms with E-state index in [1.54, 1.807) is 14.2 Å². The zero-order valence-electron chi connectivity index (χ0n) is 19.3. The molecule has 0 spiro atoms. The molecule has 1 aliphatic rings. The van der Waals surface area contributed by atoms with Crippen LogP contribution >= 0.6 is 11.3 Å². The minimum absolute atomic E-state index is 0.245. The number of nitrogens with one attached hydrogen (secondary N) is 1. The van der Waals surface area contributed by atoms with Gasteiger partial charge in [-0.25, -0.2) is 4.98 Å². The number of anilines is 2. The van der Waals surface area contributed by atoms with Crippen LogP contribution in [0, 0.1) is 0 Å². The van der Waals surface area contributed by atoms with Crippen molar-refractivity contribution >= 4 is 38.8 Å². The van der Waals surface area contributed by atoms with Crippen LogP contribution in [-0.2, 0) is 13.0 Å². The van der Waals surface area contributed by atoms with Crippen LogP contribution in [0.1, 0.15) is 20.9 Å². The Labute approximate surface area is 202 Å². The van der Waals surface area contributed by atoms with Crippen LogP contribution in [-0.4, -0.2) is 43.6 Å². The third-order valence-corrected chi connectivity index (χ3v) is 7.23. The molecule has 174 valence electrons. The minimum atomic E-state index is -0.245. The molecule has 8 heteroatoms. The number of ether oxygens (including phenoxy) is 2. The van der Waals surface area contributed by atoms with Crippen LogP contribution in [0.2, 0.25) is 0 Å². The number of hydrogen-bond donors (Lipinski definition) is 2. The number of fused-ring (bicyclic) bond motifs is 2. The van der Waals surface area contributed by atoms with Gasteiger partial charge in [-0.2, -0.15) is 0 Å². The molecule has 0 unspecified atom stereocenters. The maximum atomic E-state index is 13.2. The number of benzene rings is 2. The van der Waals surface area contributed by atoms with Gasteiger partial charge in [-0.15, -0.1) is 11.3 Å². The molecule has 5 rings (SSSR count). The number of nitrogens with two attached hydrogens (primary N) is 1. The molecule has 3 heterocycles. The number of likely N-dealkylation sites (N-methyl/N-ethyl adjacent to an activating group) is 1. The predicted molar refractivity (Wildman–Crippen MR) is 137 cm³/mol. The Morgan fingerprint density at radius 3 is 2.68 bits per heavy atom. The number of carbonyl (C=O) groups excluding carboxylic acids is 1. The quantitative estimate of drug-likeness (QED) is 0.432. The van der Waals surface area contributed by atoms with Gasteiger partial charge in [-0.1, -0.05) is 18.2 Å². The average molecular weight is 475 g/mol. The zero-order chi connectivity index (χ0) is 23.8. The van der Waals surface area contributed by atoms with Gasteiger partial charge in [0.25, 0.3) is 5.91 Å². The van der Waals surface area contributed by atoms with E-state index in [4.69, 9.17) is 20.2 Å². The van der Waals surface area contributed by atoms with Gasteiger partial charge in [0.05, 0.1) is 19.9 Å². The third-order valence-electron chi connectivity index (χ3n) is 6.14. The summed E-state index contributed by atoms with van der Waals surface area (Å²) in [4.78, 5) is 21.6. The standard InChI is InChI=1S/C26H26N4O3S/c1-30-12-11-19-18(14-30)21(17-13-16(32-2)9-10-20(17)33-3)22-23(27)24(34-26(22)29-19)25(31)28-15-7-5-4-6-8-15/h4-10,13H,11-12,14,27H2,1-3H3,(H,28,31). The lowest BCUT2D eigenvalue weighted by Crippen LogP contribution is -2.28. The summed E-state index contributed by atoms with van der Waals surface area (Å²) in [5.74, 6) is 1.18. The SMILES string of the molecule is COc1ccc(OC)c(-c2c3c(nc4sc(C(=O)Nc5ccccc5)c(N)c24)CCN(C)C3)c1. The smallest absolute Gasteiger partial charge is 0.267 e. The molecule has 3 N–H and O–H groups in total. The van der Waals surface area contributed by atoms with Crippen LogP contribution in [0.5, 0.6) is 11.5 Å². The Bertz CT molecular complexity index is 1380. The molecular weight excluding hydrogens is 448 g/mol. The van der Waals surface area contributed by atoms with Crippen molar-refractivity contribution < 1.29 is 14.3 Å². The molecule has 0 atom stereocenters. The lowest BCUT2D eigenvalue weighted by molar-refractivity contribution is 0.103. The first-order valence-electron chi connectivity index (χ1n) is 11.0. The number of amides is 1. The largest absolute Gasteiger partial charge is 0.497 e. The predicted octanol–water partition coefficient (Wildman–Crippen LogP) is 4.80. The summed E-state index contributed by atoms with van der Waals surface area (Å²) in [5, 5.41) is 3.73. The summed E-state index contributed by atoms with van der Waals surface area (Å²) in [7, 11) is 5.38. The Hall–Kier alpha value is -3.62. The van der Waals surface area contributed by atoms with Crippen molar-refractivity contribution in [2.24, 2.45) is 0 Å². The van der Waals surface area contributed by atoms with Crippen LogP contribution in [0.15, 0.2) is 48.5 Å². The van der Waals surface area contributed by atoms with E-state index >= 15 is 0 Å². The lowest BCUT2D eigenvalue weighted by Gasteiger charge is -2.27. The number of rotatable bonds is 5. The average Bonchev–Trinajstić information content (AvgIpc) is 3.19. The van der Waals surface area contributed by atoms with E-state index in [1.165, 1.54) is 11.3 Å². The molecule has 7 nitrogen and oxygen atoms in total. The van der Waals surface area contributed by atoms with Gasteiger partial charge in [-0.3, -0.25) is 4.79 Å². The maximum Gasteiger partial charge on any atom is 0.267 e. The molecule has 0 saturated heterocycles. The number of carbonyl (C=O) groups is 1. The fourth-order valence-electron chi connectivity index (χ4n) is 4.44. The van der Waals surface area contributed by atoms with Crippen molar-refractivity contribution in [2.75, 3.05) is 38.9 Å². The fraction of sp³-hybridized carbons (Fsp3) is 0.231. The van der Waals surface area contributed by atoms with E-state index in [0.29, 0.717) is 22.0 Å². The highest BCUT2D eigenvalue weighted by molar-refractivity contribution is 7.21. The van der Waals surface area contributed by atoms with Crippen LogP contribution < -0.4 is 20.5 Å². The van der Waals surface area contributed by atoms with Crippen molar-refractivity contribution in [1.82, 2.24) is 9.88 Å².